The summed E-state index contributed by atoms with van der Waals surface area (Å²) in [6.45, 7) is 5.20. The van der Waals surface area contributed by atoms with Gasteiger partial charge in [0.15, 0.2) is 11.5 Å². The zero-order valence-electron chi connectivity index (χ0n) is 19.9. The second-order valence-electron chi connectivity index (χ2n) is 10.2. The number of nitrogens with one attached hydrogen (secondary N) is 1. The highest BCUT2D eigenvalue weighted by Crippen LogP contribution is 2.48. The molecule has 1 fully saturated rings. The average Bonchev–Trinajstić information content (AvgIpc) is 3.26. The van der Waals surface area contributed by atoms with E-state index in [-0.39, 0.29) is 18.2 Å². The number of Topliss-reactive ketones (excluding diaryl/α,β-unsaturated/α-hetero) is 1. The third kappa shape index (κ3) is 4.29. The predicted octanol–water partition coefficient (Wildman–Crippen LogP) is 5.11. The lowest BCUT2D eigenvalue weighted by molar-refractivity contribution is -0.0958. The van der Waals surface area contributed by atoms with Gasteiger partial charge in [0.25, 0.3) is 0 Å². The number of benzene rings is 2. The fourth-order valence-electron chi connectivity index (χ4n) is 4.79. The van der Waals surface area contributed by atoms with E-state index in [1.807, 2.05) is 4.57 Å². The standard InChI is InChI=1S/C27H27FN2O5/c1-26(2,3)35-25(33)29-20(13-16-6-4-7-19(28)12-16)23(31)17-8-9-21-18(14-17)15-22-24(32)34-27(30(21)22)10-5-11-27/h4,6-9,12,14-15,20H,5,10-11,13H2,1-3H3,(H,29,33)/t20-/m0/s1. The highest BCUT2D eigenvalue weighted by atomic mass is 19.1. The maximum atomic E-state index is 13.8. The van der Waals surface area contributed by atoms with Crippen LogP contribution in [0.5, 0.6) is 0 Å². The molecule has 1 aromatic heterocycles. The number of aromatic nitrogens is 1. The van der Waals surface area contributed by atoms with Crippen molar-refractivity contribution in [3.63, 3.8) is 0 Å². The molecule has 1 atom stereocenters. The quantitative estimate of drug-likeness (QED) is 0.407. The molecule has 0 bridgehead atoms. The molecule has 2 aliphatic rings. The molecule has 182 valence electrons. The Balaban J connectivity index is 1.46. The van der Waals surface area contributed by atoms with E-state index < -0.39 is 29.3 Å². The van der Waals surface area contributed by atoms with Crippen molar-refractivity contribution < 1.29 is 28.2 Å². The largest absolute Gasteiger partial charge is 0.444 e. The Kier molecular flexibility index (Phi) is 5.42. The SMILES string of the molecule is CC(C)(C)OC(=O)N[C@@H](Cc1cccc(F)c1)C(=O)c1ccc2c(c1)cc1n2C2(CCC2)OC1=O. The number of nitrogens with zero attached hydrogens (tertiary/aromatic N) is 1. The van der Waals surface area contributed by atoms with Crippen molar-refractivity contribution in [1.29, 1.82) is 0 Å². The van der Waals surface area contributed by atoms with Crippen LogP contribution in [0.2, 0.25) is 0 Å². The number of halogens is 1. The molecule has 8 heteroatoms. The van der Waals surface area contributed by atoms with Gasteiger partial charge in [-0.2, -0.15) is 0 Å². The van der Waals surface area contributed by atoms with Crippen molar-refractivity contribution in [3.05, 3.63) is 71.2 Å². The number of ketones is 1. The summed E-state index contributed by atoms with van der Waals surface area (Å²) >= 11 is 0. The van der Waals surface area contributed by atoms with Gasteiger partial charge >= 0.3 is 12.1 Å². The molecule has 7 nitrogen and oxygen atoms in total. The third-order valence-corrected chi connectivity index (χ3v) is 6.46. The zero-order chi connectivity index (χ0) is 25.0. The number of esters is 1. The van der Waals surface area contributed by atoms with E-state index >= 15 is 0 Å². The summed E-state index contributed by atoms with van der Waals surface area (Å²) in [6.07, 6.45) is 1.89. The molecule has 0 radical (unpaired) electrons. The first-order valence-corrected chi connectivity index (χ1v) is 11.7. The molecular formula is C27H27FN2O5. The molecule has 0 saturated heterocycles. The topological polar surface area (TPSA) is 86.6 Å². The van der Waals surface area contributed by atoms with Gasteiger partial charge in [-0.05, 0) is 69.2 Å². The van der Waals surface area contributed by atoms with Gasteiger partial charge in [0, 0.05) is 30.2 Å². The highest BCUT2D eigenvalue weighted by Gasteiger charge is 2.50. The summed E-state index contributed by atoms with van der Waals surface area (Å²) in [5.74, 6) is -1.12. The first kappa shape index (κ1) is 23.1. The maximum Gasteiger partial charge on any atom is 0.408 e. The lowest BCUT2D eigenvalue weighted by Gasteiger charge is -2.38. The number of amides is 1. The highest BCUT2D eigenvalue weighted by molar-refractivity contribution is 6.05. The van der Waals surface area contributed by atoms with E-state index in [1.165, 1.54) is 12.1 Å². The zero-order valence-corrected chi connectivity index (χ0v) is 19.9. The Hall–Kier alpha value is -3.68. The monoisotopic (exact) mass is 478 g/mol. The Morgan fingerprint density at radius 3 is 2.60 bits per heavy atom. The fraction of sp³-hybridized carbons (Fsp3) is 0.370. The van der Waals surface area contributed by atoms with Crippen LogP contribution in [-0.2, 0) is 21.6 Å². The summed E-state index contributed by atoms with van der Waals surface area (Å²) in [7, 11) is 0. The number of ether oxygens (including phenoxy) is 2. The predicted molar refractivity (Wildman–Crippen MR) is 127 cm³/mol. The minimum Gasteiger partial charge on any atom is -0.444 e. The molecule has 1 spiro atoms. The average molecular weight is 479 g/mol. The van der Waals surface area contributed by atoms with Gasteiger partial charge in [0.2, 0.25) is 0 Å². The van der Waals surface area contributed by atoms with Gasteiger partial charge in [0.1, 0.15) is 17.1 Å². The number of carbonyl (C=O) groups excluding carboxylic acids is 3. The molecule has 1 saturated carbocycles. The molecule has 35 heavy (non-hydrogen) atoms. The number of hydrogen-bond acceptors (Lipinski definition) is 5. The Morgan fingerprint density at radius 2 is 1.94 bits per heavy atom. The van der Waals surface area contributed by atoms with E-state index in [0.717, 1.165) is 30.2 Å². The van der Waals surface area contributed by atoms with Crippen molar-refractivity contribution in [2.75, 3.05) is 0 Å². The van der Waals surface area contributed by atoms with E-state index in [0.29, 0.717) is 16.8 Å². The molecule has 3 aromatic rings. The molecule has 1 N–H and O–H groups in total. The molecule has 2 heterocycles. The molecule has 1 aliphatic carbocycles. The second kappa shape index (κ2) is 8.22. The Morgan fingerprint density at radius 1 is 1.17 bits per heavy atom. The van der Waals surface area contributed by atoms with Crippen molar-refractivity contribution in [1.82, 2.24) is 9.88 Å². The first-order valence-electron chi connectivity index (χ1n) is 11.7. The van der Waals surface area contributed by atoms with E-state index in [1.54, 1.807) is 57.2 Å². The van der Waals surface area contributed by atoms with Crippen molar-refractivity contribution >= 4 is 28.7 Å². The number of hydrogen-bond donors (Lipinski definition) is 1. The maximum absolute atomic E-state index is 13.8. The normalized spacial score (nSPS) is 17.0. The first-order chi connectivity index (χ1) is 16.5. The Labute approximate surface area is 202 Å². The van der Waals surface area contributed by atoms with Crippen molar-refractivity contribution in [2.45, 2.75) is 63.8 Å². The van der Waals surface area contributed by atoms with Crippen LogP contribution >= 0.6 is 0 Å². The van der Waals surface area contributed by atoms with Gasteiger partial charge in [-0.1, -0.05) is 12.1 Å². The van der Waals surface area contributed by atoms with Gasteiger partial charge < -0.3 is 14.8 Å². The molecular weight excluding hydrogens is 451 g/mol. The minimum atomic E-state index is -0.971. The van der Waals surface area contributed by atoms with Crippen LogP contribution in [-0.4, -0.2) is 34.1 Å². The van der Waals surface area contributed by atoms with Crippen LogP contribution in [0.1, 0.15) is 66.4 Å². The second-order valence-corrected chi connectivity index (χ2v) is 10.2. The fourth-order valence-corrected chi connectivity index (χ4v) is 4.79. The van der Waals surface area contributed by atoms with Crippen LogP contribution in [0.3, 0.4) is 0 Å². The van der Waals surface area contributed by atoms with Gasteiger partial charge in [-0.25, -0.2) is 14.0 Å². The van der Waals surface area contributed by atoms with Gasteiger partial charge in [-0.15, -0.1) is 0 Å². The molecule has 1 amide bonds. The summed E-state index contributed by atoms with van der Waals surface area (Å²) in [5, 5.41) is 3.40. The number of rotatable bonds is 5. The van der Waals surface area contributed by atoms with Crippen molar-refractivity contribution in [2.24, 2.45) is 0 Å². The van der Waals surface area contributed by atoms with E-state index in [9.17, 15) is 18.8 Å². The smallest absolute Gasteiger partial charge is 0.408 e. The summed E-state index contributed by atoms with van der Waals surface area (Å²) in [5.41, 5.74) is 0.886. The third-order valence-electron chi connectivity index (χ3n) is 6.46. The van der Waals surface area contributed by atoms with Crippen molar-refractivity contribution in [3.8, 4) is 0 Å². The minimum absolute atomic E-state index is 0.0928. The van der Waals surface area contributed by atoms with E-state index in [2.05, 4.69) is 5.32 Å². The molecule has 2 aromatic carbocycles. The van der Waals surface area contributed by atoms with Crippen LogP contribution in [0.4, 0.5) is 9.18 Å². The summed E-state index contributed by atoms with van der Waals surface area (Å²) < 4.78 is 26.7. The summed E-state index contributed by atoms with van der Waals surface area (Å²) in [6, 6.07) is 11.9. The summed E-state index contributed by atoms with van der Waals surface area (Å²) in [4.78, 5) is 38.5. The molecule has 1 aliphatic heterocycles. The number of carbonyl (C=O) groups is 3. The van der Waals surface area contributed by atoms with Crippen LogP contribution in [0.15, 0.2) is 48.5 Å². The van der Waals surface area contributed by atoms with Crippen LogP contribution in [0, 0.1) is 5.82 Å². The van der Waals surface area contributed by atoms with Crippen LogP contribution < -0.4 is 5.32 Å². The van der Waals surface area contributed by atoms with Gasteiger partial charge in [0.05, 0.1) is 11.6 Å². The lowest BCUT2D eigenvalue weighted by atomic mass is 9.88. The molecule has 0 unspecified atom stereocenters. The Bertz CT molecular complexity index is 1350. The van der Waals surface area contributed by atoms with E-state index in [4.69, 9.17) is 9.47 Å². The molecule has 5 rings (SSSR count). The number of fused-ring (bicyclic) bond motifs is 4. The lowest BCUT2D eigenvalue weighted by Crippen LogP contribution is -2.44. The van der Waals surface area contributed by atoms with Gasteiger partial charge in [-0.3, -0.25) is 9.36 Å². The number of alkyl carbamates (subject to hydrolysis) is 1. The van der Waals surface area contributed by atoms with Crippen LogP contribution in [0.25, 0.3) is 10.9 Å².